The summed E-state index contributed by atoms with van der Waals surface area (Å²) in [6.07, 6.45) is -1.19. The molecule has 2 heterocycles. The molecular formula is C20H22F2N4O2S. The van der Waals surface area contributed by atoms with Crippen LogP contribution >= 0.6 is 0 Å². The van der Waals surface area contributed by atoms with Crippen molar-refractivity contribution in [3.8, 4) is 0 Å². The molecule has 3 aromatic rings. The number of halogens is 2. The van der Waals surface area contributed by atoms with Gasteiger partial charge in [-0.05, 0) is 42.7 Å². The first-order valence-electron chi connectivity index (χ1n) is 9.18. The molecule has 0 atom stereocenters. The van der Waals surface area contributed by atoms with Gasteiger partial charge < -0.3 is 5.32 Å². The quantitative estimate of drug-likeness (QED) is 0.609. The molecule has 0 aliphatic carbocycles. The molecule has 0 aliphatic heterocycles. The van der Waals surface area contributed by atoms with Crippen LogP contribution in [0.25, 0.3) is 10.9 Å². The number of anilines is 2. The van der Waals surface area contributed by atoms with Gasteiger partial charge in [0.15, 0.2) is 9.84 Å². The number of sulfone groups is 1. The van der Waals surface area contributed by atoms with Crippen LogP contribution in [-0.4, -0.2) is 29.1 Å². The van der Waals surface area contributed by atoms with Crippen molar-refractivity contribution in [1.82, 2.24) is 15.0 Å². The van der Waals surface area contributed by atoms with Crippen LogP contribution in [0.2, 0.25) is 0 Å². The number of nitrogens with zero attached hydrogens (tertiary/aromatic N) is 3. The van der Waals surface area contributed by atoms with Crippen LogP contribution < -0.4 is 5.32 Å². The highest BCUT2D eigenvalue weighted by molar-refractivity contribution is 7.91. The molecule has 0 radical (unpaired) electrons. The Morgan fingerprint density at radius 3 is 2.45 bits per heavy atom. The second-order valence-corrected chi connectivity index (χ2v) is 9.30. The fraction of sp³-hybridized carbons (Fsp3) is 0.350. The van der Waals surface area contributed by atoms with Gasteiger partial charge in [0.2, 0.25) is 5.95 Å². The van der Waals surface area contributed by atoms with Crippen molar-refractivity contribution in [2.75, 3.05) is 11.1 Å². The van der Waals surface area contributed by atoms with E-state index in [0.717, 1.165) is 5.56 Å². The second-order valence-electron chi connectivity index (χ2n) is 7.02. The predicted molar refractivity (Wildman–Crippen MR) is 109 cm³/mol. The van der Waals surface area contributed by atoms with E-state index in [9.17, 15) is 17.2 Å². The number of nitrogens with one attached hydrogen (secondary N) is 1. The Labute approximate surface area is 168 Å². The molecule has 29 heavy (non-hydrogen) atoms. The summed E-state index contributed by atoms with van der Waals surface area (Å²) in [5, 5.41) is 3.56. The van der Waals surface area contributed by atoms with Crippen LogP contribution in [0.15, 0.2) is 35.4 Å². The molecule has 9 heteroatoms. The van der Waals surface area contributed by atoms with E-state index in [2.05, 4.69) is 20.3 Å². The van der Waals surface area contributed by atoms with Crippen LogP contribution in [0, 0.1) is 6.92 Å². The molecule has 1 N–H and O–H groups in total. The number of aromatic nitrogens is 3. The van der Waals surface area contributed by atoms with Gasteiger partial charge in [-0.25, -0.2) is 32.2 Å². The van der Waals surface area contributed by atoms with Crippen molar-refractivity contribution in [3.63, 3.8) is 0 Å². The number of rotatable bonds is 6. The Balaban J connectivity index is 2.01. The molecule has 0 aliphatic rings. The van der Waals surface area contributed by atoms with Gasteiger partial charge in [-0.3, -0.25) is 0 Å². The number of hydrogen-bond acceptors (Lipinski definition) is 6. The summed E-state index contributed by atoms with van der Waals surface area (Å²) < 4.78 is 50.3. The summed E-state index contributed by atoms with van der Waals surface area (Å²) in [6, 6.07) is 6.09. The molecule has 0 fully saturated rings. The molecule has 0 unspecified atom stereocenters. The third-order valence-corrected chi connectivity index (χ3v) is 6.30. The molecule has 0 saturated carbocycles. The smallest absolute Gasteiger partial charge is 0.280 e. The Hall–Kier alpha value is -2.68. The Morgan fingerprint density at radius 2 is 1.86 bits per heavy atom. The van der Waals surface area contributed by atoms with E-state index >= 15 is 0 Å². The summed E-state index contributed by atoms with van der Waals surface area (Å²) >= 11 is 0. The zero-order chi connectivity index (χ0) is 21.3. The van der Waals surface area contributed by atoms with E-state index in [-0.39, 0.29) is 28.2 Å². The van der Waals surface area contributed by atoms with Crippen LogP contribution in [0.4, 0.5) is 20.4 Å². The minimum Gasteiger partial charge on any atom is -0.324 e. The minimum absolute atomic E-state index is 0.0264. The van der Waals surface area contributed by atoms with Gasteiger partial charge in [-0.2, -0.15) is 0 Å². The summed E-state index contributed by atoms with van der Waals surface area (Å²) in [5.41, 5.74) is 2.06. The van der Waals surface area contributed by atoms with E-state index in [0.29, 0.717) is 22.3 Å². The molecule has 3 rings (SSSR count). The van der Waals surface area contributed by atoms with Gasteiger partial charge in [-0.15, -0.1) is 0 Å². The topological polar surface area (TPSA) is 84.8 Å². The maximum atomic E-state index is 13.1. The Kier molecular flexibility index (Phi) is 5.79. The zero-order valence-electron chi connectivity index (χ0n) is 16.6. The molecule has 154 valence electrons. The summed E-state index contributed by atoms with van der Waals surface area (Å²) in [5.74, 6) is 0.206. The maximum Gasteiger partial charge on any atom is 0.280 e. The van der Waals surface area contributed by atoms with Gasteiger partial charge in [0.1, 0.15) is 5.69 Å². The predicted octanol–water partition coefficient (Wildman–Crippen LogP) is 4.93. The lowest BCUT2D eigenvalue weighted by molar-refractivity contribution is 0.146. The highest BCUT2D eigenvalue weighted by Crippen LogP contribution is 2.29. The lowest BCUT2D eigenvalue weighted by atomic mass is 10.1. The average Bonchev–Trinajstić information content (AvgIpc) is 2.68. The molecule has 0 amide bonds. The monoisotopic (exact) mass is 420 g/mol. The van der Waals surface area contributed by atoms with E-state index in [4.69, 9.17) is 0 Å². The first-order valence-corrected chi connectivity index (χ1v) is 10.8. The fourth-order valence-corrected chi connectivity index (χ4v) is 3.88. The highest BCUT2D eigenvalue weighted by Gasteiger charge is 2.18. The number of alkyl halides is 2. The summed E-state index contributed by atoms with van der Waals surface area (Å²) in [6.45, 7) is 7.11. The van der Waals surface area contributed by atoms with Crippen molar-refractivity contribution in [2.24, 2.45) is 0 Å². The van der Waals surface area contributed by atoms with Gasteiger partial charge >= 0.3 is 0 Å². The van der Waals surface area contributed by atoms with Crippen LogP contribution in [0.1, 0.15) is 50.1 Å². The zero-order valence-corrected chi connectivity index (χ0v) is 17.4. The van der Waals surface area contributed by atoms with Crippen molar-refractivity contribution in [3.05, 3.63) is 47.4 Å². The molecule has 6 nitrogen and oxygen atoms in total. The average molecular weight is 420 g/mol. The summed E-state index contributed by atoms with van der Waals surface area (Å²) in [7, 11) is -3.29. The van der Waals surface area contributed by atoms with Crippen LogP contribution in [0.3, 0.4) is 0 Å². The Morgan fingerprint density at radius 1 is 1.14 bits per heavy atom. The molecule has 0 bridgehead atoms. The van der Waals surface area contributed by atoms with E-state index in [1.54, 1.807) is 26.0 Å². The van der Waals surface area contributed by atoms with E-state index in [1.165, 1.54) is 18.3 Å². The largest absolute Gasteiger partial charge is 0.324 e. The normalized spacial score (nSPS) is 12.1. The van der Waals surface area contributed by atoms with Gasteiger partial charge in [0.05, 0.1) is 21.9 Å². The number of fused-ring (bicyclic) bond motifs is 1. The minimum atomic E-state index is -3.29. The highest BCUT2D eigenvalue weighted by atomic mass is 32.2. The number of hydrogen-bond donors (Lipinski definition) is 1. The first-order chi connectivity index (χ1) is 13.6. The van der Waals surface area contributed by atoms with Crippen LogP contribution in [0.5, 0.6) is 0 Å². The second kappa shape index (κ2) is 7.98. The van der Waals surface area contributed by atoms with Crippen molar-refractivity contribution in [2.45, 2.75) is 44.9 Å². The van der Waals surface area contributed by atoms with Crippen molar-refractivity contribution >= 4 is 32.4 Å². The first kappa shape index (κ1) is 21.0. The van der Waals surface area contributed by atoms with Gasteiger partial charge in [0.25, 0.3) is 6.43 Å². The third kappa shape index (κ3) is 4.34. The number of benzene rings is 1. The van der Waals surface area contributed by atoms with Crippen molar-refractivity contribution in [1.29, 1.82) is 0 Å². The standard InChI is InChI=1S/C20H22F2N4O2S/c1-5-29(27,28)14-6-7-15(12(4)8-14)25-20-23-10-13-9-16(19(21)22)24-17(11(2)3)18(13)26-20/h6-11,19H,5H2,1-4H3,(H,23,25,26). The summed E-state index contributed by atoms with van der Waals surface area (Å²) in [4.78, 5) is 13.0. The van der Waals surface area contributed by atoms with E-state index < -0.39 is 16.3 Å². The molecular weight excluding hydrogens is 398 g/mol. The number of pyridine rings is 1. The van der Waals surface area contributed by atoms with Crippen molar-refractivity contribution < 1.29 is 17.2 Å². The molecule has 1 aromatic carbocycles. The van der Waals surface area contributed by atoms with Gasteiger partial charge in [-0.1, -0.05) is 20.8 Å². The maximum absolute atomic E-state index is 13.1. The Bertz CT molecular complexity index is 1160. The van der Waals surface area contributed by atoms with Crippen LogP contribution in [-0.2, 0) is 9.84 Å². The fourth-order valence-electron chi connectivity index (χ4n) is 2.92. The lowest BCUT2D eigenvalue weighted by Crippen LogP contribution is -2.06. The molecule has 0 saturated heterocycles. The third-order valence-electron chi connectivity index (χ3n) is 4.57. The van der Waals surface area contributed by atoms with Gasteiger partial charge in [0, 0.05) is 17.3 Å². The molecule has 2 aromatic heterocycles. The number of aryl methyl sites for hydroxylation is 1. The van der Waals surface area contributed by atoms with E-state index in [1.807, 2.05) is 13.8 Å². The lowest BCUT2D eigenvalue weighted by Gasteiger charge is -2.13. The molecule has 0 spiro atoms. The SMILES string of the molecule is CCS(=O)(=O)c1ccc(Nc2ncc3cc(C(F)F)nc(C(C)C)c3n2)c(C)c1.